The molecule has 2 N–H and O–H groups in total. The van der Waals surface area contributed by atoms with Gasteiger partial charge >= 0.3 is 0 Å². The maximum absolute atomic E-state index is 13.6. The number of carbonyl (C=O) groups excluding carboxylic acids is 1. The predicted octanol–water partition coefficient (Wildman–Crippen LogP) is 3.45. The third-order valence-electron chi connectivity index (χ3n) is 5.46. The smallest absolute Gasteiger partial charge is 0.235 e. The Morgan fingerprint density at radius 3 is 2.78 bits per heavy atom. The third kappa shape index (κ3) is 2.81. The van der Waals surface area contributed by atoms with Crippen molar-refractivity contribution < 1.29 is 9.18 Å². The van der Waals surface area contributed by atoms with Gasteiger partial charge in [0.2, 0.25) is 5.91 Å². The van der Waals surface area contributed by atoms with Crippen LogP contribution in [0.1, 0.15) is 30.2 Å². The van der Waals surface area contributed by atoms with Gasteiger partial charge in [-0.05, 0) is 55.5 Å². The van der Waals surface area contributed by atoms with E-state index in [2.05, 4.69) is 0 Å². The van der Waals surface area contributed by atoms with Gasteiger partial charge in [-0.15, -0.1) is 11.3 Å². The average molecular weight is 382 g/mol. The Bertz CT molecular complexity index is 1000. The number of rotatable bonds is 3. The van der Waals surface area contributed by atoms with E-state index in [0.717, 1.165) is 28.2 Å². The summed E-state index contributed by atoms with van der Waals surface area (Å²) in [6.07, 6.45) is 2.05. The average Bonchev–Trinajstić information content (AvgIpc) is 3.33. The Labute approximate surface area is 160 Å². The van der Waals surface area contributed by atoms with Gasteiger partial charge in [0.15, 0.2) is 5.96 Å². The van der Waals surface area contributed by atoms with Crippen LogP contribution in [-0.4, -0.2) is 23.8 Å². The monoisotopic (exact) mass is 382 g/mol. The first-order valence-electron chi connectivity index (χ1n) is 8.78. The van der Waals surface area contributed by atoms with Crippen LogP contribution in [0.15, 0.2) is 35.3 Å². The molecular formula is C20H19FN4OS. The van der Waals surface area contributed by atoms with E-state index >= 15 is 0 Å². The van der Waals surface area contributed by atoms with E-state index in [1.54, 1.807) is 19.2 Å². The van der Waals surface area contributed by atoms with E-state index in [1.807, 2.05) is 25.1 Å². The molecule has 1 saturated carbocycles. The standard InChI is InChI=1S/C20H19FN4OS/c1-20(17(11-3-4-11)18(26)25(2)19(23)24-20)16-8-7-15(27-16)12-5-6-14(21)13(9-12)10-22/h5-9,11,17H,3-4H2,1-2H3,(H2,23,24)/t17-,20+/m0/s1. The molecule has 2 atom stereocenters. The van der Waals surface area contributed by atoms with Crippen LogP contribution >= 0.6 is 11.3 Å². The summed E-state index contributed by atoms with van der Waals surface area (Å²) in [5.41, 5.74) is 6.09. The Hall–Kier alpha value is -2.72. The molecule has 1 aromatic heterocycles. The number of nitriles is 1. The number of guanidine groups is 1. The predicted molar refractivity (Wildman–Crippen MR) is 102 cm³/mol. The van der Waals surface area contributed by atoms with E-state index in [1.165, 1.54) is 22.3 Å². The van der Waals surface area contributed by atoms with E-state index < -0.39 is 11.4 Å². The van der Waals surface area contributed by atoms with Crippen molar-refractivity contribution in [2.45, 2.75) is 25.3 Å². The zero-order valence-corrected chi connectivity index (χ0v) is 15.9. The molecular weight excluding hydrogens is 363 g/mol. The van der Waals surface area contributed by atoms with Crippen molar-refractivity contribution >= 4 is 23.2 Å². The second-order valence-corrected chi connectivity index (χ2v) is 8.38. The van der Waals surface area contributed by atoms with Crippen LogP contribution < -0.4 is 5.73 Å². The molecule has 2 heterocycles. The number of thiophene rings is 1. The molecule has 0 radical (unpaired) electrons. The minimum atomic E-state index is -0.712. The first-order valence-corrected chi connectivity index (χ1v) is 9.60. The second-order valence-electron chi connectivity index (χ2n) is 7.30. The van der Waals surface area contributed by atoms with Crippen molar-refractivity contribution in [3.8, 4) is 16.5 Å². The molecule has 0 unspecified atom stereocenters. The molecule has 2 aliphatic rings. The van der Waals surface area contributed by atoms with Crippen LogP contribution in [0.3, 0.4) is 0 Å². The Balaban J connectivity index is 1.77. The Morgan fingerprint density at radius 1 is 1.37 bits per heavy atom. The van der Waals surface area contributed by atoms with Crippen molar-refractivity contribution in [1.82, 2.24) is 4.90 Å². The molecule has 1 amide bonds. The fourth-order valence-electron chi connectivity index (χ4n) is 3.77. The van der Waals surface area contributed by atoms with Crippen LogP contribution in [0.5, 0.6) is 0 Å². The third-order valence-corrected chi connectivity index (χ3v) is 6.82. The summed E-state index contributed by atoms with van der Waals surface area (Å²) in [5, 5.41) is 9.07. The molecule has 0 bridgehead atoms. The minimum absolute atomic E-state index is 0.0102. The lowest BCUT2D eigenvalue weighted by Crippen LogP contribution is -2.54. The summed E-state index contributed by atoms with van der Waals surface area (Å²) in [6.45, 7) is 1.97. The zero-order chi connectivity index (χ0) is 19.3. The summed E-state index contributed by atoms with van der Waals surface area (Å²) < 4.78 is 13.6. The van der Waals surface area contributed by atoms with Gasteiger partial charge in [0.05, 0.1) is 11.5 Å². The van der Waals surface area contributed by atoms with E-state index in [9.17, 15) is 9.18 Å². The van der Waals surface area contributed by atoms with Crippen molar-refractivity contribution in [3.63, 3.8) is 0 Å². The zero-order valence-electron chi connectivity index (χ0n) is 15.1. The number of nitrogens with two attached hydrogens (primary N) is 1. The van der Waals surface area contributed by atoms with Gasteiger partial charge < -0.3 is 5.73 Å². The van der Waals surface area contributed by atoms with Gasteiger partial charge in [-0.2, -0.15) is 5.26 Å². The highest BCUT2D eigenvalue weighted by Gasteiger charge is 2.53. The fraction of sp³-hybridized carbons (Fsp3) is 0.350. The SMILES string of the molecule is CN1C(=O)[C@H](C2CC2)[C@@](C)(c2ccc(-c3ccc(F)c(C#N)c3)s2)N=C1N. The van der Waals surface area contributed by atoms with Crippen molar-refractivity contribution in [1.29, 1.82) is 5.26 Å². The maximum Gasteiger partial charge on any atom is 0.235 e. The van der Waals surface area contributed by atoms with Crippen molar-refractivity contribution in [2.75, 3.05) is 7.05 Å². The highest BCUT2D eigenvalue weighted by Crippen LogP contribution is 2.52. The largest absolute Gasteiger partial charge is 0.369 e. The van der Waals surface area contributed by atoms with Gasteiger partial charge in [0.25, 0.3) is 0 Å². The number of amides is 1. The summed E-state index contributed by atoms with van der Waals surface area (Å²) in [6, 6.07) is 10.3. The topological polar surface area (TPSA) is 82.5 Å². The van der Waals surface area contributed by atoms with Crippen molar-refractivity contribution in [3.05, 3.63) is 46.6 Å². The number of benzene rings is 1. The Morgan fingerprint density at radius 2 is 2.11 bits per heavy atom. The number of carbonyl (C=O) groups is 1. The van der Waals surface area contributed by atoms with E-state index in [0.29, 0.717) is 5.92 Å². The van der Waals surface area contributed by atoms with Crippen LogP contribution in [0, 0.1) is 29.0 Å². The van der Waals surface area contributed by atoms with Gasteiger partial charge in [0.1, 0.15) is 17.4 Å². The van der Waals surface area contributed by atoms with E-state index in [-0.39, 0.29) is 23.3 Å². The van der Waals surface area contributed by atoms with Crippen LogP contribution in [0.4, 0.5) is 4.39 Å². The number of hydrogen-bond acceptors (Lipinski definition) is 5. The molecule has 2 aromatic rings. The van der Waals surface area contributed by atoms with Crippen LogP contribution in [0.25, 0.3) is 10.4 Å². The molecule has 1 aliphatic carbocycles. The Kier molecular flexibility index (Phi) is 4.04. The number of aliphatic imine (C=N–C) groups is 1. The van der Waals surface area contributed by atoms with Gasteiger partial charge in [-0.25, -0.2) is 9.38 Å². The lowest BCUT2D eigenvalue weighted by Gasteiger charge is -2.40. The normalized spacial score (nSPS) is 25.3. The van der Waals surface area contributed by atoms with Crippen LogP contribution in [0.2, 0.25) is 0 Å². The van der Waals surface area contributed by atoms with Gasteiger partial charge in [-0.1, -0.05) is 6.07 Å². The molecule has 4 rings (SSSR count). The number of hydrogen-bond donors (Lipinski definition) is 1. The highest BCUT2D eigenvalue weighted by atomic mass is 32.1. The molecule has 0 spiro atoms. The molecule has 0 saturated heterocycles. The fourth-order valence-corrected chi connectivity index (χ4v) is 4.91. The summed E-state index contributed by atoms with van der Waals surface area (Å²) in [4.78, 5) is 20.9. The number of halogens is 1. The molecule has 1 aliphatic heterocycles. The molecule has 138 valence electrons. The molecule has 5 nitrogen and oxygen atoms in total. The lowest BCUT2D eigenvalue weighted by molar-refractivity contribution is -0.134. The molecule has 27 heavy (non-hydrogen) atoms. The van der Waals surface area contributed by atoms with Crippen molar-refractivity contribution in [2.24, 2.45) is 22.6 Å². The molecule has 1 aromatic carbocycles. The first-order chi connectivity index (χ1) is 12.8. The summed E-state index contributed by atoms with van der Waals surface area (Å²) >= 11 is 1.51. The van der Waals surface area contributed by atoms with Gasteiger partial charge in [0, 0.05) is 16.8 Å². The molecule has 1 fully saturated rings. The second kappa shape index (κ2) is 6.17. The van der Waals surface area contributed by atoms with Gasteiger partial charge in [-0.3, -0.25) is 9.69 Å². The molecule has 7 heteroatoms. The lowest BCUT2D eigenvalue weighted by atomic mass is 9.79. The highest BCUT2D eigenvalue weighted by molar-refractivity contribution is 7.15. The quantitative estimate of drug-likeness (QED) is 0.882. The summed E-state index contributed by atoms with van der Waals surface area (Å²) in [5.74, 6) is -0.205. The summed E-state index contributed by atoms with van der Waals surface area (Å²) in [7, 11) is 1.66. The maximum atomic E-state index is 13.6. The van der Waals surface area contributed by atoms with E-state index in [4.69, 9.17) is 16.0 Å². The number of nitrogens with zero attached hydrogens (tertiary/aromatic N) is 3. The minimum Gasteiger partial charge on any atom is -0.369 e. The first kappa shape index (κ1) is 17.7. The van der Waals surface area contributed by atoms with Crippen LogP contribution in [-0.2, 0) is 10.3 Å².